The van der Waals surface area contributed by atoms with E-state index >= 15 is 0 Å². The molecule has 0 bridgehead atoms. The van der Waals surface area contributed by atoms with Crippen molar-refractivity contribution < 1.29 is 9.63 Å². The molecule has 0 unspecified atom stereocenters. The predicted octanol–water partition coefficient (Wildman–Crippen LogP) is 3.71. The van der Waals surface area contributed by atoms with E-state index in [1.165, 1.54) is 7.11 Å². The van der Waals surface area contributed by atoms with E-state index in [0.717, 1.165) is 5.56 Å². The van der Waals surface area contributed by atoms with Crippen molar-refractivity contribution in [2.24, 2.45) is 5.16 Å². The average Bonchev–Trinajstić information content (AvgIpc) is 2.28. The summed E-state index contributed by atoms with van der Waals surface area (Å²) >= 11 is 11.8. The zero-order valence-electron chi connectivity index (χ0n) is 9.67. The molecule has 0 aliphatic carbocycles. The van der Waals surface area contributed by atoms with Crippen LogP contribution < -0.4 is 0 Å². The molecule has 0 N–H and O–H groups in total. The Morgan fingerprint density at radius 3 is 2.53 bits per heavy atom. The van der Waals surface area contributed by atoms with Crippen LogP contribution in [0.15, 0.2) is 23.4 Å². The lowest BCUT2D eigenvalue weighted by molar-refractivity contribution is -0.116. The van der Waals surface area contributed by atoms with E-state index in [1.54, 1.807) is 25.1 Å². The molecule has 0 saturated carbocycles. The fraction of sp³-hybridized carbons (Fsp3) is 0.333. The Morgan fingerprint density at radius 2 is 2.00 bits per heavy atom. The molecule has 0 aliphatic heterocycles. The number of ketones is 1. The van der Waals surface area contributed by atoms with E-state index in [9.17, 15) is 4.79 Å². The third-order valence-electron chi connectivity index (χ3n) is 2.17. The normalized spacial score (nSPS) is 11.4. The summed E-state index contributed by atoms with van der Waals surface area (Å²) < 4.78 is 0. The molecule has 0 aliphatic rings. The van der Waals surface area contributed by atoms with E-state index in [2.05, 4.69) is 5.16 Å². The van der Waals surface area contributed by atoms with Gasteiger partial charge in [-0.1, -0.05) is 34.4 Å². The highest BCUT2D eigenvalue weighted by Crippen LogP contribution is 2.23. The summed E-state index contributed by atoms with van der Waals surface area (Å²) in [5.74, 6) is 0.105. The third kappa shape index (κ3) is 4.36. The lowest BCUT2D eigenvalue weighted by Crippen LogP contribution is -2.04. The topological polar surface area (TPSA) is 38.7 Å². The molecule has 1 aromatic carbocycles. The number of rotatable bonds is 5. The van der Waals surface area contributed by atoms with Gasteiger partial charge in [0.15, 0.2) is 0 Å². The Labute approximate surface area is 110 Å². The van der Waals surface area contributed by atoms with E-state index in [4.69, 9.17) is 28.0 Å². The lowest BCUT2D eigenvalue weighted by atomic mass is 10.0. The van der Waals surface area contributed by atoms with Crippen LogP contribution in [0.4, 0.5) is 0 Å². The van der Waals surface area contributed by atoms with Crippen LogP contribution in [0.2, 0.25) is 10.0 Å². The quantitative estimate of drug-likeness (QED) is 0.606. The molecule has 0 heterocycles. The smallest absolute Gasteiger partial charge is 0.130 e. The molecular weight excluding hydrogens is 261 g/mol. The molecule has 92 valence electrons. The van der Waals surface area contributed by atoms with E-state index in [1.807, 2.05) is 0 Å². The second-order valence-corrected chi connectivity index (χ2v) is 4.37. The first kappa shape index (κ1) is 14.0. The lowest BCUT2D eigenvalue weighted by Gasteiger charge is -2.06. The van der Waals surface area contributed by atoms with Gasteiger partial charge in [-0.2, -0.15) is 0 Å². The van der Waals surface area contributed by atoms with Gasteiger partial charge in [0.05, 0.1) is 15.8 Å². The predicted molar refractivity (Wildman–Crippen MR) is 69.9 cm³/mol. The van der Waals surface area contributed by atoms with Crippen LogP contribution in [0.3, 0.4) is 0 Å². The van der Waals surface area contributed by atoms with E-state index in [0.29, 0.717) is 28.6 Å². The number of hydrogen-bond donors (Lipinski definition) is 0. The minimum atomic E-state index is 0.105. The molecule has 1 rings (SSSR count). The largest absolute Gasteiger partial charge is 0.399 e. The monoisotopic (exact) mass is 273 g/mol. The van der Waals surface area contributed by atoms with Crippen LogP contribution in [-0.2, 0) is 9.63 Å². The van der Waals surface area contributed by atoms with Crippen LogP contribution in [-0.4, -0.2) is 18.6 Å². The molecule has 3 nitrogen and oxygen atoms in total. The van der Waals surface area contributed by atoms with Crippen LogP contribution in [0.25, 0.3) is 0 Å². The summed E-state index contributed by atoms with van der Waals surface area (Å²) in [6.07, 6.45) is 0.934. The molecule has 0 atom stereocenters. The Hall–Kier alpha value is -1.06. The first-order chi connectivity index (χ1) is 8.04. The fourth-order valence-corrected chi connectivity index (χ4v) is 1.62. The number of benzene rings is 1. The summed E-state index contributed by atoms with van der Waals surface area (Å²) in [6.45, 7) is 1.54. The first-order valence-corrected chi connectivity index (χ1v) is 5.85. The molecule has 0 spiro atoms. The van der Waals surface area contributed by atoms with Crippen molar-refractivity contribution >= 4 is 34.7 Å². The molecule has 0 amide bonds. The van der Waals surface area contributed by atoms with Gasteiger partial charge < -0.3 is 9.63 Å². The second kappa shape index (κ2) is 6.62. The number of halogens is 2. The van der Waals surface area contributed by atoms with E-state index < -0.39 is 0 Å². The van der Waals surface area contributed by atoms with Gasteiger partial charge in [0.25, 0.3) is 0 Å². The number of Topliss-reactive ketones (excluding diaryl/α,β-unsaturated/α-hetero) is 1. The molecule has 0 fully saturated rings. The standard InChI is InChI=1S/C12H13Cl2NO2/c1-8(16)3-6-12(15-17-2)9-4-5-10(13)11(14)7-9/h4-5,7H,3,6H2,1-2H3/b15-12+. The van der Waals surface area contributed by atoms with Gasteiger partial charge in [0, 0.05) is 18.4 Å². The summed E-state index contributed by atoms with van der Waals surface area (Å²) in [7, 11) is 1.46. The average molecular weight is 274 g/mol. The minimum Gasteiger partial charge on any atom is -0.399 e. The highest BCUT2D eigenvalue weighted by atomic mass is 35.5. The van der Waals surface area contributed by atoms with Crippen LogP contribution in [0.5, 0.6) is 0 Å². The number of carbonyl (C=O) groups excluding carboxylic acids is 1. The van der Waals surface area contributed by atoms with Gasteiger partial charge in [-0.25, -0.2) is 0 Å². The van der Waals surface area contributed by atoms with Crippen LogP contribution >= 0.6 is 23.2 Å². The Kier molecular flexibility index (Phi) is 5.45. The summed E-state index contributed by atoms with van der Waals surface area (Å²) in [5, 5.41) is 4.84. The highest BCUT2D eigenvalue weighted by molar-refractivity contribution is 6.42. The maximum atomic E-state index is 11.0. The van der Waals surface area contributed by atoms with Crippen LogP contribution in [0, 0.1) is 0 Å². The fourth-order valence-electron chi connectivity index (χ4n) is 1.32. The Morgan fingerprint density at radius 1 is 1.29 bits per heavy atom. The maximum absolute atomic E-state index is 11.0. The molecule has 5 heteroatoms. The molecule has 1 aromatic rings. The second-order valence-electron chi connectivity index (χ2n) is 3.55. The molecule has 0 aromatic heterocycles. The number of nitrogens with zero attached hydrogens (tertiary/aromatic N) is 1. The van der Waals surface area contributed by atoms with Crippen molar-refractivity contribution in [1.29, 1.82) is 0 Å². The molecule has 0 saturated heterocycles. The summed E-state index contributed by atoms with van der Waals surface area (Å²) in [5.41, 5.74) is 1.49. The number of carbonyl (C=O) groups is 1. The Bertz CT molecular complexity index is 444. The van der Waals surface area contributed by atoms with E-state index in [-0.39, 0.29) is 5.78 Å². The number of hydrogen-bond acceptors (Lipinski definition) is 3. The Balaban J connectivity index is 2.93. The van der Waals surface area contributed by atoms with Gasteiger partial charge in [-0.15, -0.1) is 0 Å². The van der Waals surface area contributed by atoms with Gasteiger partial charge in [-0.05, 0) is 19.1 Å². The SMILES string of the molecule is CO/N=C(\CCC(C)=O)c1ccc(Cl)c(Cl)c1. The zero-order chi connectivity index (χ0) is 12.8. The highest BCUT2D eigenvalue weighted by Gasteiger charge is 2.08. The maximum Gasteiger partial charge on any atom is 0.130 e. The van der Waals surface area contributed by atoms with Crippen LogP contribution in [0.1, 0.15) is 25.3 Å². The summed E-state index contributed by atoms with van der Waals surface area (Å²) in [4.78, 5) is 15.7. The van der Waals surface area contributed by atoms with Crippen molar-refractivity contribution in [2.45, 2.75) is 19.8 Å². The minimum absolute atomic E-state index is 0.105. The van der Waals surface area contributed by atoms with Gasteiger partial charge >= 0.3 is 0 Å². The van der Waals surface area contributed by atoms with Crippen molar-refractivity contribution in [1.82, 2.24) is 0 Å². The zero-order valence-corrected chi connectivity index (χ0v) is 11.2. The van der Waals surface area contributed by atoms with Crippen molar-refractivity contribution in [3.8, 4) is 0 Å². The first-order valence-electron chi connectivity index (χ1n) is 5.09. The molecule has 17 heavy (non-hydrogen) atoms. The van der Waals surface area contributed by atoms with Crippen molar-refractivity contribution in [2.75, 3.05) is 7.11 Å². The third-order valence-corrected chi connectivity index (χ3v) is 2.91. The molecule has 0 radical (unpaired) electrons. The number of oxime groups is 1. The van der Waals surface area contributed by atoms with Crippen molar-refractivity contribution in [3.05, 3.63) is 33.8 Å². The van der Waals surface area contributed by atoms with Gasteiger partial charge in [0.1, 0.15) is 12.9 Å². The van der Waals surface area contributed by atoms with Gasteiger partial charge in [0.2, 0.25) is 0 Å². The van der Waals surface area contributed by atoms with Crippen molar-refractivity contribution in [3.63, 3.8) is 0 Å². The molecular formula is C12H13Cl2NO2. The summed E-state index contributed by atoms with van der Waals surface area (Å²) in [6, 6.07) is 5.20. The van der Waals surface area contributed by atoms with Gasteiger partial charge in [-0.3, -0.25) is 0 Å².